The third kappa shape index (κ3) is 6.68. The zero-order valence-electron chi connectivity index (χ0n) is 14.3. The highest BCUT2D eigenvalue weighted by Gasteiger charge is 2.16. The number of carbonyl (C=O) groups excluding carboxylic acids is 1. The number of nitrogens with zero attached hydrogens (tertiary/aromatic N) is 3. The molecule has 1 aromatic rings. The van der Waals surface area contributed by atoms with Crippen molar-refractivity contribution in [1.29, 1.82) is 0 Å². The van der Waals surface area contributed by atoms with Gasteiger partial charge in [-0.05, 0) is 62.0 Å². The third-order valence-electron chi connectivity index (χ3n) is 3.11. The summed E-state index contributed by atoms with van der Waals surface area (Å²) in [5, 5.41) is 15.5. The predicted octanol–water partition coefficient (Wildman–Crippen LogP) is 3.00. The Labute approximate surface area is 140 Å². The number of rotatable bonds is 7. The topological polar surface area (TPSA) is 124 Å². The van der Waals surface area contributed by atoms with Gasteiger partial charge in [-0.15, -0.1) is 0 Å². The van der Waals surface area contributed by atoms with Crippen molar-refractivity contribution >= 4 is 17.6 Å². The Morgan fingerprint density at radius 2 is 1.96 bits per heavy atom. The van der Waals surface area contributed by atoms with Gasteiger partial charge in [0.2, 0.25) is 0 Å². The summed E-state index contributed by atoms with van der Waals surface area (Å²) in [5.74, 6) is -1.35. The quantitative estimate of drug-likeness (QED) is 0.343. The standard InChI is InChI=1S/C16H22N4O4/c1-10-11(7-14(21)22)5-13(19-20-17)6-12(10)8-18-9-15(23)24-16(2,3)4/h5-6,18H,7-9H2,1-4H3,(H,21,22). The molecule has 8 nitrogen and oxygen atoms in total. The second-order valence-corrected chi connectivity index (χ2v) is 6.34. The monoisotopic (exact) mass is 334 g/mol. The normalized spacial score (nSPS) is 10.8. The molecule has 2 N–H and O–H groups in total. The summed E-state index contributed by atoms with van der Waals surface area (Å²) in [7, 11) is 0. The second kappa shape index (κ2) is 8.33. The van der Waals surface area contributed by atoms with Gasteiger partial charge in [0.25, 0.3) is 0 Å². The Bertz CT molecular complexity index is 673. The summed E-state index contributed by atoms with van der Waals surface area (Å²) in [6, 6.07) is 3.23. The fraction of sp³-hybridized carbons (Fsp3) is 0.500. The first-order chi connectivity index (χ1) is 11.1. The van der Waals surface area contributed by atoms with Crippen molar-refractivity contribution in [3.63, 3.8) is 0 Å². The number of esters is 1. The van der Waals surface area contributed by atoms with Gasteiger partial charge in [-0.2, -0.15) is 0 Å². The van der Waals surface area contributed by atoms with Crippen LogP contribution in [0.3, 0.4) is 0 Å². The number of aliphatic carboxylic acids is 1. The number of azide groups is 1. The number of ether oxygens (including phenoxy) is 1. The molecule has 0 aliphatic heterocycles. The Hall–Kier alpha value is -2.57. The molecule has 0 saturated carbocycles. The molecule has 8 heteroatoms. The average molecular weight is 334 g/mol. The lowest BCUT2D eigenvalue weighted by molar-refractivity contribution is -0.153. The van der Waals surface area contributed by atoms with Crippen molar-refractivity contribution in [3.8, 4) is 0 Å². The largest absolute Gasteiger partial charge is 0.481 e. The number of hydrogen-bond acceptors (Lipinski definition) is 5. The van der Waals surface area contributed by atoms with E-state index in [0.717, 1.165) is 11.1 Å². The van der Waals surface area contributed by atoms with Crippen LogP contribution >= 0.6 is 0 Å². The van der Waals surface area contributed by atoms with Crippen molar-refractivity contribution in [2.45, 2.75) is 46.3 Å². The van der Waals surface area contributed by atoms with E-state index in [1.165, 1.54) is 0 Å². The number of benzene rings is 1. The Balaban J connectivity index is 2.86. The smallest absolute Gasteiger partial charge is 0.320 e. The van der Waals surface area contributed by atoms with E-state index in [-0.39, 0.29) is 18.9 Å². The van der Waals surface area contributed by atoms with Crippen molar-refractivity contribution in [2.24, 2.45) is 5.11 Å². The van der Waals surface area contributed by atoms with Gasteiger partial charge < -0.3 is 15.2 Å². The van der Waals surface area contributed by atoms with Gasteiger partial charge in [0.1, 0.15) is 5.60 Å². The molecule has 1 rings (SSSR count). The van der Waals surface area contributed by atoms with Crippen molar-refractivity contribution in [2.75, 3.05) is 6.54 Å². The van der Waals surface area contributed by atoms with Crippen LogP contribution in [0.25, 0.3) is 10.4 Å². The summed E-state index contributed by atoms with van der Waals surface area (Å²) >= 11 is 0. The van der Waals surface area contributed by atoms with E-state index in [2.05, 4.69) is 15.3 Å². The highest BCUT2D eigenvalue weighted by atomic mass is 16.6. The highest BCUT2D eigenvalue weighted by molar-refractivity contribution is 5.72. The predicted molar refractivity (Wildman–Crippen MR) is 88.9 cm³/mol. The maximum atomic E-state index is 11.7. The summed E-state index contributed by atoms with van der Waals surface area (Å²) in [5.41, 5.74) is 10.5. The SMILES string of the molecule is Cc1c(CNCC(=O)OC(C)(C)C)cc(N=[N+]=[N-])cc1CC(=O)O. The second-order valence-electron chi connectivity index (χ2n) is 6.34. The Morgan fingerprint density at radius 3 is 2.50 bits per heavy atom. The first kappa shape index (κ1) is 19.5. The lowest BCUT2D eigenvalue weighted by atomic mass is 9.99. The third-order valence-corrected chi connectivity index (χ3v) is 3.11. The molecule has 0 heterocycles. The molecule has 0 bridgehead atoms. The zero-order valence-corrected chi connectivity index (χ0v) is 14.3. The van der Waals surface area contributed by atoms with Gasteiger partial charge in [-0.1, -0.05) is 5.11 Å². The van der Waals surface area contributed by atoms with Crippen LogP contribution < -0.4 is 5.32 Å². The van der Waals surface area contributed by atoms with Gasteiger partial charge in [0.05, 0.1) is 13.0 Å². The maximum absolute atomic E-state index is 11.7. The molecule has 0 aromatic heterocycles. The van der Waals surface area contributed by atoms with E-state index >= 15 is 0 Å². The van der Waals surface area contributed by atoms with Gasteiger partial charge in [-0.3, -0.25) is 9.59 Å². The first-order valence-corrected chi connectivity index (χ1v) is 7.44. The van der Waals surface area contributed by atoms with Crippen LogP contribution in [0.1, 0.15) is 37.5 Å². The fourth-order valence-electron chi connectivity index (χ4n) is 2.14. The molecule has 0 saturated heterocycles. The van der Waals surface area contributed by atoms with E-state index in [9.17, 15) is 9.59 Å². The number of hydrogen-bond donors (Lipinski definition) is 2. The van der Waals surface area contributed by atoms with Crippen molar-refractivity contribution in [3.05, 3.63) is 39.3 Å². The number of nitrogens with one attached hydrogen (secondary N) is 1. The fourth-order valence-corrected chi connectivity index (χ4v) is 2.14. The van der Waals surface area contributed by atoms with E-state index in [1.807, 2.05) is 0 Å². The van der Waals surface area contributed by atoms with Crippen LogP contribution in [0.2, 0.25) is 0 Å². The highest BCUT2D eigenvalue weighted by Crippen LogP contribution is 2.23. The van der Waals surface area contributed by atoms with E-state index in [0.29, 0.717) is 17.8 Å². The molecular weight excluding hydrogens is 312 g/mol. The van der Waals surface area contributed by atoms with Crippen LogP contribution in [0.15, 0.2) is 17.2 Å². The molecule has 0 atom stereocenters. The lowest BCUT2D eigenvalue weighted by Crippen LogP contribution is -2.31. The molecule has 0 aliphatic rings. The Kier molecular flexibility index (Phi) is 6.76. The van der Waals surface area contributed by atoms with Crippen LogP contribution in [0.4, 0.5) is 5.69 Å². The lowest BCUT2D eigenvalue weighted by Gasteiger charge is -2.19. The van der Waals surface area contributed by atoms with Crippen molar-refractivity contribution < 1.29 is 19.4 Å². The van der Waals surface area contributed by atoms with Gasteiger partial charge in [-0.25, -0.2) is 0 Å². The number of carboxylic acid groups (broad SMARTS) is 1. The summed E-state index contributed by atoms with van der Waals surface area (Å²) in [6.07, 6.45) is -0.167. The molecule has 0 unspecified atom stereocenters. The molecular formula is C16H22N4O4. The van der Waals surface area contributed by atoms with Gasteiger partial charge in [0.15, 0.2) is 0 Å². The minimum Gasteiger partial charge on any atom is -0.481 e. The van der Waals surface area contributed by atoms with Crippen LogP contribution in [0, 0.1) is 6.92 Å². The van der Waals surface area contributed by atoms with Crippen molar-refractivity contribution in [1.82, 2.24) is 5.32 Å². The molecule has 24 heavy (non-hydrogen) atoms. The summed E-state index contributed by atoms with van der Waals surface area (Å²) in [6.45, 7) is 7.51. The summed E-state index contributed by atoms with van der Waals surface area (Å²) < 4.78 is 5.20. The molecule has 0 radical (unpaired) electrons. The zero-order chi connectivity index (χ0) is 18.3. The van der Waals surface area contributed by atoms with Crippen LogP contribution in [-0.2, 0) is 27.3 Å². The molecule has 0 fully saturated rings. The molecule has 1 aromatic carbocycles. The van der Waals surface area contributed by atoms with Crippen LogP contribution in [-0.4, -0.2) is 29.2 Å². The van der Waals surface area contributed by atoms with E-state index in [4.69, 9.17) is 15.4 Å². The number of carboxylic acids is 1. The average Bonchev–Trinajstić information content (AvgIpc) is 2.41. The first-order valence-electron chi connectivity index (χ1n) is 7.44. The van der Waals surface area contributed by atoms with E-state index < -0.39 is 11.6 Å². The molecule has 130 valence electrons. The van der Waals surface area contributed by atoms with E-state index in [1.54, 1.807) is 39.8 Å². The van der Waals surface area contributed by atoms with Crippen LogP contribution in [0.5, 0.6) is 0 Å². The number of carbonyl (C=O) groups is 2. The Morgan fingerprint density at radius 1 is 1.33 bits per heavy atom. The molecule has 0 aliphatic carbocycles. The molecule has 0 amide bonds. The maximum Gasteiger partial charge on any atom is 0.320 e. The molecule has 0 spiro atoms. The minimum absolute atomic E-state index is 0.0245. The summed E-state index contributed by atoms with van der Waals surface area (Å²) in [4.78, 5) is 25.4. The van der Waals surface area contributed by atoms with Gasteiger partial charge in [0, 0.05) is 17.1 Å². The van der Waals surface area contributed by atoms with Gasteiger partial charge >= 0.3 is 11.9 Å². The minimum atomic E-state index is -0.969.